The normalized spacial score (nSPS) is 18.2. The summed E-state index contributed by atoms with van der Waals surface area (Å²) in [5, 5.41) is 3.01. The van der Waals surface area contributed by atoms with Crippen molar-refractivity contribution in [3.63, 3.8) is 0 Å². The van der Waals surface area contributed by atoms with Gasteiger partial charge in [-0.05, 0) is 67.5 Å². The lowest BCUT2D eigenvalue weighted by atomic mass is 9.97. The first-order valence-electron chi connectivity index (χ1n) is 9.37. The van der Waals surface area contributed by atoms with Gasteiger partial charge in [0.2, 0.25) is 15.9 Å². The Balaban J connectivity index is 1.37. The third-order valence-corrected chi connectivity index (χ3v) is 7.35. The average Bonchev–Trinajstić information content (AvgIpc) is 3.16. The van der Waals surface area contributed by atoms with Gasteiger partial charge in [0, 0.05) is 37.1 Å². The fourth-order valence-electron chi connectivity index (χ4n) is 3.90. The number of carbonyl (C=O) groups excluding carboxylic acids is 1. The van der Waals surface area contributed by atoms with Crippen molar-refractivity contribution in [2.75, 3.05) is 18.4 Å². The first-order valence-corrected chi connectivity index (χ1v) is 10.8. The molecule has 0 bridgehead atoms. The van der Waals surface area contributed by atoms with Crippen molar-refractivity contribution < 1.29 is 13.2 Å². The van der Waals surface area contributed by atoms with Crippen molar-refractivity contribution in [2.45, 2.75) is 37.0 Å². The zero-order chi connectivity index (χ0) is 18.9. The number of fused-ring (bicyclic) bond motifs is 1. The molecule has 1 amide bonds. The Bertz CT molecular complexity index is 936. The van der Waals surface area contributed by atoms with Gasteiger partial charge in [-0.1, -0.05) is 6.07 Å². The topological polar surface area (TPSA) is 79.4 Å². The lowest BCUT2D eigenvalue weighted by Gasteiger charge is -2.30. The van der Waals surface area contributed by atoms with Crippen molar-refractivity contribution in [1.82, 2.24) is 9.29 Å². The lowest BCUT2D eigenvalue weighted by molar-refractivity contribution is -0.120. The van der Waals surface area contributed by atoms with Crippen LogP contribution in [0.3, 0.4) is 0 Å². The molecular formula is C20H23N3O3S. The molecule has 1 aromatic heterocycles. The zero-order valence-electron chi connectivity index (χ0n) is 15.1. The minimum absolute atomic E-state index is 0.0219. The van der Waals surface area contributed by atoms with E-state index < -0.39 is 10.0 Å². The number of rotatable bonds is 4. The van der Waals surface area contributed by atoms with Crippen molar-refractivity contribution >= 4 is 21.6 Å². The number of anilines is 1. The van der Waals surface area contributed by atoms with E-state index in [9.17, 15) is 13.2 Å². The monoisotopic (exact) mass is 385 g/mol. The molecule has 142 valence electrons. The number of nitrogens with zero attached hydrogens (tertiary/aromatic N) is 2. The largest absolute Gasteiger partial charge is 0.326 e. The molecule has 0 radical (unpaired) electrons. The molecule has 1 saturated heterocycles. The number of benzene rings is 1. The predicted octanol–water partition coefficient (Wildman–Crippen LogP) is 2.61. The van der Waals surface area contributed by atoms with Crippen LogP contribution in [0.2, 0.25) is 0 Å². The number of pyridine rings is 1. The van der Waals surface area contributed by atoms with Crippen molar-refractivity contribution in [2.24, 2.45) is 5.92 Å². The molecule has 1 N–H and O–H groups in total. The van der Waals surface area contributed by atoms with Crippen LogP contribution in [0.25, 0.3) is 0 Å². The van der Waals surface area contributed by atoms with E-state index >= 15 is 0 Å². The molecule has 1 aliphatic heterocycles. The van der Waals surface area contributed by atoms with Crippen molar-refractivity contribution in [3.05, 3.63) is 53.9 Å². The van der Waals surface area contributed by atoms with Crippen LogP contribution in [0.5, 0.6) is 0 Å². The summed E-state index contributed by atoms with van der Waals surface area (Å²) in [7, 11) is -3.54. The molecule has 0 unspecified atom stereocenters. The molecule has 1 fully saturated rings. The molecule has 2 aromatic rings. The Labute approximate surface area is 159 Å². The Morgan fingerprint density at radius 2 is 1.89 bits per heavy atom. The molecule has 2 aliphatic rings. The number of carbonyl (C=O) groups is 1. The number of aromatic nitrogens is 1. The molecule has 4 rings (SSSR count). The minimum atomic E-state index is -3.54. The third-order valence-electron chi connectivity index (χ3n) is 5.46. The van der Waals surface area contributed by atoms with E-state index in [1.807, 2.05) is 6.07 Å². The number of nitrogens with one attached hydrogen (secondary N) is 1. The highest BCUT2D eigenvalue weighted by molar-refractivity contribution is 7.89. The quantitative estimate of drug-likeness (QED) is 0.877. The smallest absolute Gasteiger partial charge is 0.244 e. The summed E-state index contributed by atoms with van der Waals surface area (Å²) >= 11 is 0. The zero-order valence-corrected chi connectivity index (χ0v) is 15.9. The van der Waals surface area contributed by atoms with E-state index in [4.69, 9.17) is 0 Å². The number of hydrogen-bond acceptors (Lipinski definition) is 4. The molecular weight excluding hydrogens is 362 g/mol. The van der Waals surface area contributed by atoms with E-state index in [1.165, 1.54) is 28.0 Å². The van der Waals surface area contributed by atoms with Crippen LogP contribution < -0.4 is 5.32 Å². The molecule has 27 heavy (non-hydrogen) atoms. The summed E-state index contributed by atoms with van der Waals surface area (Å²) in [6, 6.07) is 9.30. The van der Waals surface area contributed by atoms with Gasteiger partial charge in [0.15, 0.2) is 0 Å². The van der Waals surface area contributed by atoms with E-state index in [0.717, 1.165) is 18.5 Å². The van der Waals surface area contributed by atoms with E-state index in [-0.39, 0.29) is 16.7 Å². The van der Waals surface area contributed by atoms with Crippen LogP contribution >= 0.6 is 0 Å². The van der Waals surface area contributed by atoms with Gasteiger partial charge in [0.25, 0.3) is 0 Å². The predicted molar refractivity (Wildman–Crippen MR) is 103 cm³/mol. The fourth-order valence-corrected chi connectivity index (χ4v) is 5.34. The van der Waals surface area contributed by atoms with Gasteiger partial charge >= 0.3 is 0 Å². The molecule has 2 heterocycles. The number of piperidine rings is 1. The number of hydrogen-bond donors (Lipinski definition) is 1. The highest BCUT2D eigenvalue weighted by Crippen LogP contribution is 2.27. The van der Waals surface area contributed by atoms with Crippen LogP contribution in [0, 0.1) is 5.92 Å². The molecule has 0 atom stereocenters. The average molecular weight is 385 g/mol. The molecule has 6 nitrogen and oxygen atoms in total. The van der Waals surface area contributed by atoms with Gasteiger partial charge in [0.05, 0.1) is 0 Å². The lowest BCUT2D eigenvalue weighted by Crippen LogP contribution is -2.41. The van der Waals surface area contributed by atoms with Gasteiger partial charge in [-0.3, -0.25) is 9.78 Å². The summed E-state index contributed by atoms with van der Waals surface area (Å²) in [5.74, 6) is -0.190. The maximum atomic E-state index is 12.6. The maximum Gasteiger partial charge on any atom is 0.244 e. The fraction of sp³-hybridized carbons (Fsp3) is 0.400. The second-order valence-electron chi connectivity index (χ2n) is 7.19. The van der Waals surface area contributed by atoms with Gasteiger partial charge in [-0.2, -0.15) is 4.31 Å². The summed E-state index contributed by atoms with van der Waals surface area (Å²) in [6.45, 7) is 0.693. The Hall–Kier alpha value is -2.25. The van der Waals surface area contributed by atoms with Gasteiger partial charge < -0.3 is 5.32 Å². The summed E-state index contributed by atoms with van der Waals surface area (Å²) in [6.07, 6.45) is 7.33. The maximum absolute atomic E-state index is 12.6. The molecule has 7 heteroatoms. The minimum Gasteiger partial charge on any atom is -0.326 e. The standard InChI is InChI=1S/C20H23N3O3S/c24-20(22-18-7-6-15-3-1-4-17(15)13-18)16-8-11-23(12-9-16)27(25,26)19-5-2-10-21-14-19/h2,5-7,10,13-14,16H,1,3-4,8-9,11-12H2,(H,22,24). The first kappa shape index (κ1) is 18.1. The number of amides is 1. The second kappa shape index (κ2) is 7.40. The molecule has 1 aliphatic carbocycles. The van der Waals surface area contributed by atoms with E-state index in [0.29, 0.717) is 25.9 Å². The van der Waals surface area contributed by atoms with Crippen LogP contribution in [-0.4, -0.2) is 36.7 Å². The summed E-state index contributed by atoms with van der Waals surface area (Å²) < 4.78 is 26.7. The highest BCUT2D eigenvalue weighted by Gasteiger charge is 2.32. The Morgan fingerprint density at radius 3 is 2.63 bits per heavy atom. The van der Waals surface area contributed by atoms with E-state index in [1.54, 1.807) is 18.3 Å². The molecule has 1 aromatic carbocycles. The van der Waals surface area contributed by atoms with Crippen LogP contribution in [0.1, 0.15) is 30.4 Å². The SMILES string of the molecule is O=C(Nc1ccc2c(c1)CCC2)C1CCN(S(=O)(=O)c2cccnc2)CC1. The van der Waals surface area contributed by atoms with Crippen LogP contribution in [0.4, 0.5) is 5.69 Å². The number of aryl methyl sites for hydroxylation is 2. The second-order valence-corrected chi connectivity index (χ2v) is 9.13. The van der Waals surface area contributed by atoms with Gasteiger partial charge in [-0.25, -0.2) is 8.42 Å². The first-order chi connectivity index (χ1) is 13.0. The Kier molecular flexibility index (Phi) is 4.97. The molecule has 0 spiro atoms. The third kappa shape index (κ3) is 3.75. The Morgan fingerprint density at radius 1 is 1.11 bits per heavy atom. The van der Waals surface area contributed by atoms with Crippen LogP contribution in [0.15, 0.2) is 47.6 Å². The van der Waals surface area contributed by atoms with Crippen LogP contribution in [-0.2, 0) is 27.7 Å². The van der Waals surface area contributed by atoms with Crippen molar-refractivity contribution in [1.29, 1.82) is 0 Å². The number of sulfonamides is 1. The van der Waals surface area contributed by atoms with Crippen molar-refractivity contribution in [3.8, 4) is 0 Å². The van der Waals surface area contributed by atoms with Gasteiger partial charge in [0.1, 0.15) is 4.90 Å². The van der Waals surface area contributed by atoms with Gasteiger partial charge in [-0.15, -0.1) is 0 Å². The van der Waals surface area contributed by atoms with E-state index in [2.05, 4.69) is 22.4 Å². The summed E-state index contributed by atoms with van der Waals surface area (Å²) in [5.41, 5.74) is 3.54. The highest BCUT2D eigenvalue weighted by atomic mass is 32.2. The summed E-state index contributed by atoms with van der Waals surface area (Å²) in [4.78, 5) is 16.7. The molecule has 0 saturated carbocycles.